The molecule has 7 heteroatoms. The number of carbonyl (C=O) groups is 2. The van der Waals surface area contributed by atoms with Crippen molar-refractivity contribution in [3.8, 4) is 17.1 Å². The lowest BCUT2D eigenvalue weighted by molar-refractivity contribution is -0.136. The van der Waals surface area contributed by atoms with Crippen molar-refractivity contribution >= 4 is 19.7 Å². The highest BCUT2D eigenvalue weighted by molar-refractivity contribution is 6.14. The van der Waals surface area contributed by atoms with Gasteiger partial charge in [-0.2, -0.15) is 0 Å². The van der Waals surface area contributed by atoms with Crippen molar-refractivity contribution in [3.05, 3.63) is 90.2 Å². The van der Waals surface area contributed by atoms with E-state index in [1.807, 2.05) is 79.5 Å². The van der Waals surface area contributed by atoms with Gasteiger partial charge >= 0.3 is 5.97 Å². The Morgan fingerprint density at radius 3 is 2.53 bits per heavy atom. The van der Waals surface area contributed by atoms with E-state index in [2.05, 4.69) is 0 Å². The molecule has 0 spiro atoms. The normalized spacial score (nSPS) is 14.1. The summed E-state index contributed by atoms with van der Waals surface area (Å²) in [5.41, 5.74) is 2.55. The second-order valence-corrected chi connectivity index (χ2v) is 8.42. The first-order valence-electron chi connectivity index (χ1n) is 11.6. The quantitative estimate of drug-likeness (QED) is 0.257. The van der Waals surface area contributed by atoms with Crippen molar-refractivity contribution in [2.24, 2.45) is 0 Å². The van der Waals surface area contributed by atoms with Crippen molar-refractivity contribution < 1.29 is 23.8 Å². The minimum atomic E-state index is -0.850. The fourth-order valence-corrected chi connectivity index (χ4v) is 4.03. The van der Waals surface area contributed by atoms with Crippen LogP contribution in [0.25, 0.3) is 11.3 Å². The van der Waals surface area contributed by atoms with Crippen molar-refractivity contribution in [2.75, 3.05) is 6.61 Å². The summed E-state index contributed by atoms with van der Waals surface area (Å²) in [5.74, 6) is 0.524. The molecule has 34 heavy (non-hydrogen) atoms. The predicted octanol–water partition coefficient (Wildman–Crippen LogP) is 4.68. The van der Waals surface area contributed by atoms with Gasteiger partial charge in [-0.15, -0.1) is 0 Å². The second kappa shape index (κ2) is 10.9. The lowest BCUT2D eigenvalue weighted by Crippen LogP contribution is -2.37. The molecule has 1 heterocycles. The summed E-state index contributed by atoms with van der Waals surface area (Å²) >= 11 is 0. The topological polar surface area (TPSA) is 80.0 Å². The highest BCUT2D eigenvalue weighted by Crippen LogP contribution is 2.37. The fourth-order valence-electron chi connectivity index (χ4n) is 4.03. The SMILES string of the molecule is BC(c1ccccc1OCC/C=C\CC(=O)O)N(C(=O)c1ccc(-c2ccco2)cc1)C1CC1. The standard InChI is InChI=1S/C27H28BNO5/c28-26(22-7-3-4-8-24(22)34-17-5-1-2-10-25(30)31)29(21-15-16-21)27(32)20-13-11-19(12-14-20)23-9-6-18-33-23/h1-4,6-9,11-14,18,21,26H,5,10,15-17,28H2,(H,30,31)/b2-1-. The van der Waals surface area contributed by atoms with Crippen LogP contribution >= 0.6 is 0 Å². The molecule has 0 saturated heterocycles. The molecule has 4 rings (SSSR count). The van der Waals surface area contributed by atoms with Gasteiger partial charge in [0, 0.05) is 28.7 Å². The van der Waals surface area contributed by atoms with Crippen LogP contribution in [-0.2, 0) is 4.79 Å². The Balaban J connectivity index is 1.47. The van der Waals surface area contributed by atoms with Crippen LogP contribution in [0.1, 0.15) is 47.5 Å². The number of carboxylic acids is 1. The third-order valence-corrected chi connectivity index (χ3v) is 5.90. The van der Waals surface area contributed by atoms with E-state index in [1.165, 1.54) is 0 Å². The fraction of sp³-hybridized carbons (Fsp3) is 0.259. The Hall–Kier alpha value is -3.74. The molecule has 1 unspecified atom stereocenters. The Kier molecular flexibility index (Phi) is 7.53. The number of hydrogen-bond acceptors (Lipinski definition) is 4. The maximum Gasteiger partial charge on any atom is 0.307 e. The van der Waals surface area contributed by atoms with Crippen molar-refractivity contribution in [1.82, 2.24) is 4.90 Å². The zero-order valence-corrected chi connectivity index (χ0v) is 19.2. The molecular weight excluding hydrogens is 429 g/mol. The number of nitrogens with zero attached hydrogens (tertiary/aromatic N) is 1. The Labute approximate surface area is 200 Å². The van der Waals surface area contributed by atoms with Crippen LogP contribution in [-0.4, -0.2) is 42.4 Å². The van der Waals surface area contributed by atoms with E-state index in [1.54, 1.807) is 12.3 Å². The van der Waals surface area contributed by atoms with Crippen LogP contribution in [0.2, 0.25) is 0 Å². The van der Waals surface area contributed by atoms with E-state index in [4.69, 9.17) is 14.3 Å². The molecule has 1 amide bonds. The molecule has 1 aromatic heterocycles. The van der Waals surface area contributed by atoms with Crippen molar-refractivity contribution in [3.63, 3.8) is 0 Å². The molecule has 0 radical (unpaired) electrons. The van der Waals surface area contributed by atoms with Crippen molar-refractivity contribution in [1.29, 1.82) is 0 Å². The summed E-state index contributed by atoms with van der Waals surface area (Å²) < 4.78 is 11.5. The van der Waals surface area contributed by atoms with Gasteiger partial charge in [0.15, 0.2) is 0 Å². The summed E-state index contributed by atoms with van der Waals surface area (Å²) in [6.45, 7) is 0.436. The molecule has 0 aliphatic heterocycles. The molecule has 3 aromatic rings. The van der Waals surface area contributed by atoms with Gasteiger partial charge in [0.2, 0.25) is 0 Å². The minimum absolute atomic E-state index is 0.00685. The Morgan fingerprint density at radius 1 is 1.09 bits per heavy atom. The second-order valence-electron chi connectivity index (χ2n) is 8.42. The summed E-state index contributed by atoms with van der Waals surface area (Å²) in [6.07, 6.45) is 7.70. The number of furan rings is 1. The molecule has 1 aliphatic carbocycles. The number of carbonyl (C=O) groups excluding carboxylic acids is 1. The number of carboxylic acid groups (broad SMARTS) is 1. The number of hydrogen-bond donors (Lipinski definition) is 1. The van der Waals surface area contributed by atoms with Gasteiger partial charge < -0.3 is 19.2 Å². The largest absolute Gasteiger partial charge is 0.493 e. The van der Waals surface area contributed by atoms with Crippen LogP contribution in [0, 0.1) is 0 Å². The predicted molar refractivity (Wildman–Crippen MR) is 133 cm³/mol. The summed E-state index contributed by atoms with van der Waals surface area (Å²) in [5, 5.41) is 8.71. The molecule has 1 saturated carbocycles. The first kappa shape index (κ1) is 23.4. The van der Waals surface area contributed by atoms with Gasteiger partial charge in [0.05, 0.1) is 19.3 Å². The number of amides is 1. The van der Waals surface area contributed by atoms with Gasteiger partial charge in [-0.05, 0) is 49.6 Å². The molecule has 174 valence electrons. The van der Waals surface area contributed by atoms with E-state index in [0.717, 1.165) is 35.5 Å². The first-order valence-corrected chi connectivity index (χ1v) is 11.6. The molecule has 0 bridgehead atoms. The lowest BCUT2D eigenvalue weighted by Gasteiger charge is -2.31. The monoisotopic (exact) mass is 457 g/mol. The molecule has 1 N–H and O–H groups in total. The van der Waals surface area contributed by atoms with Gasteiger partial charge in [-0.3, -0.25) is 9.59 Å². The van der Waals surface area contributed by atoms with Gasteiger partial charge in [0.25, 0.3) is 5.91 Å². The maximum absolute atomic E-state index is 13.5. The van der Waals surface area contributed by atoms with Crippen LogP contribution in [0.15, 0.2) is 83.5 Å². The summed E-state index contributed by atoms with van der Waals surface area (Å²) in [4.78, 5) is 26.1. The van der Waals surface area contributed by atoms with E-state index in [-0.39, 0.29) is 24.3 Å². The molecular formula is C27H28BNO5. The Bertz CT molecular complexity index is 1140. The zero-order chi connectivity index (χ0) is 23.9. The van der Waals surface area contributed by atoms with Crippen LogP contribution in [0.3, 0.4) is 0 Å². The molecule has 6 nitrogen and oxygen atoms in total. The number of para-hydroxylation sites is 1. The molecule has 1 aliphatic rings. The van der Waals surface area contributed by atoms with E-state index in [9.17, 15) is 9.59 Å². The third-order valence-electron chi connectivity index (χ3n) is 5.90. The van der Waals surface area contributed by atoms with Gasteiger partial charge in [-0.1, -0.05) is 42.5 Å². The highest BCUT2D eigenvalue weighted by Gasteiger charge is 2.37. The highest BCUT2D eigenvalue weighted by atomic mass is 16.5. The number of ether oxygens (including phenoxy) is 1. The Morgan fingerprint density at radius 2 is 1.85 bits per heavy atom. The number of aliphatic carboxylic acids is 1. The van der Waals surface area contributed by atoms with E-state index < -0.39 is 5.97 Å². The lowest BCUT2D eigenvalue weighted by atomic mass is 9.86. The van der Waals surface area contributed by atoms with Crippen LogP contribution in [0.5, 0.6) is 5.75 Å². The van der Waals surface area contributed by atoms with E-state index >= 15 is 0 Å². The summed E-state index contributed by atoms with van der Waals surface area (Å²) in [6, 6.07) is 19.3. The van der Waals surface area contributed by atoms with Crippen molar-refractivity contribution in [2.45, 2.75) is 37.7 Å². The van der Waals surface area contributed by atoms with E-state index in [0.29, 0.717) is 18.6 Å². The average Bonchev–Trinajstić information content (AvgIpc) is 3.52. The minimum Gasteiger partial charge on any atom is -0.493 e. The smallest absolute Gasteiger partial charge is 0.307 e. The van der Waals surface area contributed by atoms with Gasteiger partial charge in [0.1, 0.15) is 19.4 Å². The molecule has 1 atom stereocenters. The number of benzene rings is 2. The molecule has 2 aromatic carbocycles. The van der Waals surface area contributed by atoms with Crippen LogP contribution in [0.4, 0.5) is 0 Å². The first-order chi connectivity index (χ1) is 16.5. The number of rotatable bonds is 11. The summed E-state index contributed by atoms with van der Waals surface area (Å²) in [7, 11) is 2.04. The molecule has 1 fully saturated rings. The average molecular weight is 457 g/mol. The van der Waals surface area contributed by atoms with Crippen LogP contribution < -0.4 is 4.74 Å². The van der Waals surface area contributed by atoms with Gasteiger partial charge in [-0.25, -0.2) is 0 Å². The maximum atomic E-state index is 13.5. The zero-order valence-electron chi connectivity index (χ0n) is 19.2. The third kappa shape index (κ3) is 5.79.